The van der Waals surface area contributed by atoms with E-state index in [-0.39, 0.29) is 11.7 Å². The van der Waals surface area contributed by atoms with Crippen LogP contribution in [0, 0.1) is 11.3 Å². The third-order valence-electron chi connectivity index (χ3n) is 4.28. The minimum atomic E-state index is -0.236. The predicted octanol–water partition coefficient (Wildman–Crippen LogP) is 4.64. The number of amides is 1. The summed E-state index contributed by atoms with van der Waals surface area (Å²) in [5.41, 5.74) is 1.68. The molecule has 2 aromatic carbocycles. The summed E-state index contributed by atoms with van der Waals surface area (Å²) in [5, 5.41) is 13.7. The van der Waals surface area contributed by atoms with Crippen LogP contribution in [0.4, 0.5) is 5.69 Å². The molecule has 0 radical (unpaired) electrons. The van der Waals surface area contributed by atoms with Crippen molar-refractivity contribution >= 4 is 34.3 Å². The van der Waals surface area contributed by atoms with Gasteiger partial charge in [0.25, 0.3) is 0 Å². The SMILES string of the molecule is CCOc1ccc(OCC)c(NC(=O)CSc2nc3ccc(OC)cc3cc2C#N)c1. The highest BCUT2D eigenvalue weighted by Crippen LogP contribution is 2.31. The Bertz CT molecular complexity index is 1130. The van der Waals surface area contributed by atoms with E-state index in [1.165, 1.54) is 11.8 Å². The first-order valence-corrected chi connectivity index (χ1v) is 10.8. The molecule has 0 unspecified atom stereocenters. The second kappa shape index (κ2) is 10.5. The molecule has 7 nitrogen and oxygen atoms in total. The van der Waals surface area contributed by atoms with Gasteiger partial charge in [-0.2, -0.15) is 5.26 Å². The minimum absolute atomic E-state index is 0.0910. The molecule has 0 spiro atoms. The number of methoxy groups -OCH3 is 1. The summed E-state index contributed by atoms with van der Waals surface area (Å²) in [5.74, 6) is 1.76. The summed E-state index contributed by atoms with van der Waals surface area (Å²) in [4.78, 5) is 17.1. The zero-order chi connectivity index (χ0) is 22.2. The fourth-order valence-corrected chi connectivity index (χ4v) is 3.68. The Morgan fingerprint density at radius 2 is 1.87 bits per heavy atom. The molecular weight excluding hydrogens is 414 g/mol. The summed E-state index contributed by atoms with van der Waals surface area (Å²) in [6.45, 7) is 4.77. The first-order valence-electron chi connectivity index (χ1n) is 9.79. The van der Waals surface area contributed by atoms with Crippen LogP contribution in [0.3, 0.4) is 0 Å². The second-order valence-electron chi connectivity index (χ2n) is 6.37. The van der Waals surface area contributed by atoms with Gasteiger partial charge in [-0.1, -0.05) is 11.8 Å². The number of benzene rings is 2. The lowest BCUT2D eigenvalue weighted by atomic mass is 10.1. The van der Waals surface area contributed by atoms with Gasteiger partial charge in [-0.25, -0.2) is 4.98 Å². The van der Waals surface area contributed by atoms with Gasteiger partial charge in [-0.05, 0) is 50.2 Å². The van der Waals surface area contributed by atoms with E-state index in [0.29, 0.717) is 46.7 Å². The Morgan fingerprint density at radius 3 is 2.58 bits per heavy atom. The number of ether oxygens (including phenoxy) is 3. The van der Waals surface area contributed by atoms with Crippen LogP contribution in [0.15, 0.2) is 47.5 Å². The molecule has 1 N–H and O–H groups in total. The first-order chi connectivity index (χ1) is 15.1. The van der Waals surface area contributed by atoms with E-state index in [1.54, 1.807) is 31.4 Å². The maximum absolute atomic E-state index is 12.6. The molecule has 1 aromatic heterocycles. The Balaban J connectivity index is 1.75. The van der Waals surface area contributed by atoms with Crippen LogP contribution in [0.5, 0.6) is 17.2 Å². The van der Waals surface area contributed by atoms with Crippen LogP contribution in [0.25, 0.3) is 10.9 Å². The number of hydrogen-bond acceptors (Lipinski definition) is 7. The first kappa shape index (κ1) is 22.2. The van der Waals surface area contributed by atoms with Crippen molar-refractivity contribution in [3.8, 4) is 23.3 Å². The molecule has 8 heteroatoms. The molecule has 1 amide bonds. The van der Waals surface area contributed by atoms with E-state index < -0.39 is 0 Å². The van der Waals surface area contributed by atoms with Gasteiger partial charge in [0, 0.05) is 11.5 Å². The molecule has 1 heterocycles. The number of hydrogen-bond donors (Lipinski definition) is 1. The van der Waals surface area contributed by atoms with Crippen LogP contribution in [-0.2, 0) is 4.79 Å². The average molecular weight is 438 g/mol. The van der Waals surface area contributed by atoms with Gasteiger partial charge in [0.1, 0.15) is 28.3 Å². The van der Waals surface area contributed by atoms with E-state index in [2.05, 4.69) is 16.4 Å². The number of nitrogens with zero attached hydrogens (tertiary/aromatic N) is 2. The lowest BCUT2D eigenvalue weighted by Gasteiger charge is -2.13. The molecule has 31 heavy (non-hydrogen) atoms. The molecule has 0 saturated carbocycles. The summed E-state index contributed by atoms with van der Waals surface area (Å²) < 4.78 is 16.3. The van der Waals surface area contributed by atoms with E-state index in [0.717, 1.165) is 10.9 Å². The van der Waals surface area contributed by atoms with Crippen LogP contribution < -0.4 is 19.5 Å². The molecule has 0 aliphatic carbocycles. The van der Waals surface area contributed by atoms with Crippen molar-refractivity contribution in [2.45, 2.75) is 18.9 Å². The Morgan fingerprint density at radius 1 is 1.10 bits per heavy atom. The summed E-state index contributed by atoms with van der Waals surface area (Å²) in [6.07, 6.45) is 0. The zero-order valence-corrected chi connectivity index (χ0v) is 18.4. The number of nitriles is 1. The van der Waals surface area contributed by atoms with Gasteiger partial charge in [-0.3, -0.25) is 4.79 Å². The highest BCUT2D eigenvalue weighted by molar-refractivity contribution is 8.00. The van der Waals surface area contributed by atoms with Gasteiger partial charge >= 0.3 is 0 Å². The van der Waals surface area contributed by atoms with Crippen LogP contribution in [0.2, 0.25) is 0 Å². The molecule has 160 valence electrons. The minimum Gasteiger partial charge on any atom is -0.497 e. The van der Waals surface area contributed by atoms with Crippen molar-refractivity contribution in [1.82, 2.24) is 4.98 Å². The van der Waals surface area contributed by atoms with Gasteiger partial charge in [0.2, 0.25) is 5.91 Å². The van der Waals surface area contributed by atoms with Crippen molar-refractivity contribution in [2.75, 3.05) is 31.4 Å². The predicted molar refractivity (Wildman–Crippen MR) is 121 cm³/mol. The van der Waals surface area contributed by atoms with Gasteiger partial charge in [0.15, 0.2) is 0 Å². The van der Waals surface area contributed by atoms with E-state index in [1.807, 2.05) is 32.0 Å². The third kappa shape index (κ3) is 5.58. The third-order valence-corrected chi connectivity index (χ3v) is 5.27. The normalized spacial score (nSPS) is 10.4. The number of fused-ring (bicyclic) bond motifs is 1. The molecule has 0 bridgehead atoms. The quantitative estimate of drug-likeness (QED) is 0.487. The highest BCUT2D eigenvalue weighted by Gasteiger charge is 2.13. The Hall–Kier alpha value is -3.44. The zero-order valence-electron chi connectivity index (χ0n) is 17.6. The fraction of sp³-hybridized carbons (Fsp3) is 0.261. The van der Waals surface area contributed by atoms with Gasteiger partial charge in [0.05, 0.1) is 42.8 Å². The maximum Gasteiger partial charge on any atom is 0.234 e. The topological polar surface area (TPSA) is 93.5 Å². The number of aromatic nitrogens is 1. The number of pyridine rings is 1. The van der Waals surface area contributed by atoms with Crippen molar-refractivity contribution in [1.29, 1.82) is 5.26 Å². The van der Waals surface area contributed by atoms with E-state index in [9.17, 15) is 10.1 Å². The molecule has 0 saturated heterocycles. The molecule has 3 rings (SSSR count). The van der Waals surface area contributed by atoms with E-state index >= 15 is 0 Å². The number of thioether (sulfide) groups is 1. The van der Waals surface area contributed by atoms with Crippen molar-refractivity contribution < 1.29 is 19.0 Å². The summed E-state index contributed by atoms with van der Waals surface area (Å²) in [6, 6.07) is 14.7. The molecule has 3 aromatic rings. The van der Waals surface area contributed by atoms with Crippen LogP contribution >= 0.6 is 11.8 Å². The molecular formula is C23H23N3O4S. The van der Waals surface area contributed by atoms with Crippen molar-refractivity contribution in [2.24, 2.45) is 0 Å². The monoisotopic (exact) mass is 437 g/mol. The lowest BCUT2D eigenvalue weighted by Crippen LogP contribution is -2.15. The maximum atomic E-state index is 12.6. The average Bonchev–Trinajstić information content (AvgIpc) is 2.78. The number of carbonyl (C=O) groups excluding carboxylic acids is 1. The summed E-state index contributed by atoms with van der Waals surface area (Å²) >= 11 is 1.21. The fourth-order valence-electron chi connectivity index (χ4n) is 2.92. The van der Waals surface area contributed by atoms with Gasteiger partial charge in [-0.15, -0.1) is 0 Å². The molecule has 0 aliphatic heterocycles. The standard InChI is InChI=1S/C23H23N3O4S/c1-4-29-18-7-9-21(30-5-2)20(12-18)25-22(27)14-31-23-16(13-24)10-15-11-17(28-3)6-8-19(15)26-23/h6-12H,4-5,14H2,1-3H3,(H,25,27). The Kier molecular flexibility index (Phi) is 7.57. The number of anilines is 1. The second-order valence-corrected chi connectivity index (χ2v) is 7.34. The lowest BCUT2D eigenvalue weighted by molar-refractivity contribution is -0.113. The molecule has 0 atom stereocenters. The van der Waals surface area contributed by atoms with Crippen molar-refractivity contribution in [3.05, 3.63) is 48.0 Å². The molecule has 0 fully saturated rings. The highest BCUT2D eigenvalue weighted by atomic mass is 32.2. The number of nitrogens with one attached hydrogen (secondary N) is 1. The van der Waals surface area contributed by atoms with Gasteiger partial charge < -0.3 is 19.5 Å². The van der Waals surface area contributed by atoms with Crippen molar-refractivity contribution in [3.63, 3.8) is 0 Å². The van der Waals surface area contributed by atoms with Crippen LogP contribution in [-0.4, -0.2) is 37.0 Å². The van der Waals surface area contributed by atoms with Crippen LogP contribution in [0.1, 0.15) is 19.4 Å². The van der Waals surface area contributed by atoms with E-state index in [4.69, 9.17) is 14.2 Å². The smallest absolute Gasteiger partial charge is 0.234 e. The largest absolute Gasteiger partial charge is 0.497 e. The Labute approximate surface area is 185 Å². The number of carbonyl (C=O) groups is 1. The molecule has 0 aliphatic rings. The summed E-state index contributed by atoms with van der Waals surface area (Å²) in [7, 11) is 1.59. The number of rotatable bonds is 9.